The van der Waals surface area contributed by atoms with E-state index < -0.39 is 0 Å². The van der Waals surface area contributed by atoms with Gasteiger partial charge in [-0.1, -0.05) is 24.3 Å². The van der Waals surface area contributed by atoms with Crippen LogP contribution in [-0.4, -0.2) is 10.9 Å². The van der Waals surface area contributed by atoms with Crippen LogP contribution >= 0.6 is 11.3 Å². The summed E-state index contributed by atoms with van der Waals surface area (Å²) in [6.07, 6.45) is 5.18. The molecule has 0 saturated carbocycles. The molecule has 4 rings (SSSR count). The molecule has 0 radical (unpaired) electrons. The van der Waals surface area contributed by atoms with Gasteiger partial charge in [0.1, 0.15) is 0 Å². The third kappa shape index (κ3) is 1.50. The summed E-state index contributed by atoms with van der Waals surface area (Å²) in [6.45, 7) is 0. The maximum atomic E-state index is 4.36. The highest BCUT2D eigenvalue weighted by atomic mass is 32.1. The molecule has 0 aliphatic carbocycles. The van der Waals surface area contributed by atoms with Gasteiger partial charge in [0, 0.05) is 22.8 Å². The molecule has 0 N–H and O–H groups in total. The van der Waals surface area contributed by atoms with Gasteiger partial charge in [-0.3, -0.25) is 0 Å². The Kier molecular flexibility index (Phi) is 2.19. The highest BCUT2D eigenvalue weighted by Crippen LogP contribution is 2.29. The second-order valence-electron chi connectivity index (χ2n) is 4.48. The van der Waals surface area contributed by atoms with Crippen molar-refractivity contribution in [2.75, 3.05) is 0 Å². The monoisotopic (exact) mass is 265 g/mol. The van der Waals surface area contributed by atoms with E-state index in [1.54, 1.807) is 11.3 Å². The lowest BCUT2D eigenvalue weighted by atomic mass is 10.2. The van der Waals surface area contributed by atoms with Gasteiger partial charge in [-0.05, 0) is 17.5 Å². The number of pyridine rings is 1. The van der Waals surface area contributed by atoms with Gasteiger partial charge in [0.05, 0.1) is 11.9 Å². The normalized spacial score (nSPS) is 16.1. The average molecular weight is 265 g/mol. The van der Waals surface area contributed by atoms with Crippen LogP contribution in [0.2, 0.25) is 0 Å². The molecule has 0 fully saturated rings. The van der Waals surface area contributed by atoms with Crippen LogP contribution in [0.1, 0.15) is 0 Å². The number of para-hydroxylation sites is 2. The fourth-order valence-corrected chi connectivity index (χ4v) is 3.20. The van der Waals surface area contributed by atoms with E-state index in [1.807, 2.05) is 22.8 Å². The van der Waals surface area contributed by atoms with Gasteiger partial charge in [0.2, 0.25) is 6.34 Å². The number of fused-ring (bicyclic) bond motifs is 2. The molecule has 4 heteroatoms. The Labute approximate surface area is 114 Å². The molecule has 3 nitrogen and oxygen atoms in total. The smallest absolute Gasteiger partial charge is 0.208 e. The molecule has 19 heavy (non-hydrogen) atoms. The minimum Gasteiger partial charge on any atom is -0.324 e. The van der Waals surface area contributed by atoms with Crippen LogP contribution in [0.25, 0.3) is 10.1 Å². The average Bonchev–Trinajstić information content (AvgIpc) is 3.05. The van der Waals surface area contributed by atoms with Crippen molar-refractivity contribution in [3.05, 3.63) is 53.5 Å². The van der Waals surface area contributed by atoms with Crippen molar-refractivity contribution in [2.24, 2.45) is 12.0 Å². The molecule has 3 aromatic rings. The fraction of sp³-hybridized carbons (Fsp3) is 0.0667. The number of benzene rings is 1. The molecule has 0 spiro atoms. The summed E-state index contributed by atoms with van der Waals surface area (Å²) in [4.78, 5) is 4.36. The van der Waals surface area contributed by atoms with Gasteiger partial charge in [0.15, 0.2) is 5.49 Å². The van der Waals surface area contributed by atoms with Crippen molar-refractivity contribution < 1.29 is 0 Å². The number of aromatic nitrogens is 1. The minimum atomic E-state index is 0.967. The van der Waals surface area contributed by atoms with E-state index in [1.165, 1.54) is 10.1 Å². The Morgan fingerprint density at radius 1 is 1.21 bits per heavy atom. The Hall–Kier alpha value is -2.20. The van der Waals surface area contributed by atoms with E-state index in [9.17, 15) is 0 Å². The zero-order valence-electron chi connectivity index (χ0n) is 10.4. The van der Waals surface area contributed by atoms with Crippen molar-refractivity contribution in [3.8, 4) is 0 Å². The summed E-state index contributed by atoms with van der Waals surface area (Å²) in [6, 6.07) is 12.4. The second-order valence-corrected chi connectivity index (χ2v) is 5.43. The van der Waals surface area contributed by atoms with Crippen LogP contribution in [0.5, 0.6) is 0 Å². The Morgan fingerprint density at radius 3 is 3.05 bits per heavy atom. The van der Waals surface area contributed by atoms with E-state index in [0.717, 1.165) is 16.9 Å². The van der Waals surface area contributed by atoms with E-state index in [4.69, 9.17) is 0 Å². The minimum absolute atomic E-state index is 0.967. The van der Waals surface area contributed by atoms with Crippen LogP contribution in [0.15, 0.2) is 53.0 Å². The number of aliphatic imine (C=N–C) groups is 1. The largest absolute Gasteiger partial charge is 0.324 e. The first kappa shape index (κ1) is 10.7. The van der Waals surface area contributed by atoms with Gasteiger partial charge < -0.3 is 9.14 Å². The highest BCUT2D eigenvalue weighted by Gasteiger charge is 2.11. The van der Waals surface area contributed by atoms with E-state index in [-0.39, 0.29) is 0 Å². The number of hydrogen-bond donors (Lipinski definition) is 0. The molecule has 92 valence electrons. The molecule has 0 unspecified atom stereocenters. The molecular weight excluding hydrogens is 254 g/mol. The molecule has 3 heterocycles. The predicted octanol–water partition coefficient (Wildman–Crippen LogP) is 2.89. The predicted molar refractivity (Wildman–Crippen MR) is 79.3 cm³/mol. The van der Waals surface area contributed by atoms with E-state index >= 15 is 0 Å². The van der Waals surface area contributed by atoms with Gasteiger partial charge in [0.25, 0.3) is 0 Å². The van der Waals surface area contributed by atoms with Crippen LogP contribution in [-0.2, 0) is 7.05 Å². The Balaban J connectivity index is 2.22. The number of hydrogen-bond acceptors (Lipinski definition) is 2. The van der Waals surface area contributed by atoms with Crippen LogP contribution < -0.4 is 10.1 Å². The maximum absolute atomic E-state index is 4.36. The van der Waals surface area contributed by atoms with Crippen molar-refractivity contribution in [3.63, 3.8) is 0 Å². The van der Waals surface area contributed by atoms with E-state index in [0.29, 0.717) is 0 Å². The molecular formula is C15H11N3S. The van der Waals surface area contributed by atoms with Crippen LogP contribution in [0, 0.1) is 0 Å². The molecule has 2 aromatic heterocycles. The van der Waals surface area contributed by atoms with Gasteiger partial charge in [-0.15, -0.1) is 11.3 Å². The lowest BCUT2D eigenvalue weighted by Gasteiger charge is -2.09. The summed E-state index contributed by atoms with van der Waals surface area (Å²) in [5.41, 5.74) is 3.15. The van der Waals surface area contributed by atoms with Gasteiger partial charge in [-0.2, -0.15) is 0 Å². The standard InChI is InChI=1S/C15H11N3S/c1-17-8-6-14-11(7-9-19-14)15(17)18-10-16-12-4-2-3-5-13(12)18/h2-9H,1H3. The summed E-state index contributed by atoms with van der Waals surface area (Å²) >= 11 is 1.75. The summed E-state index contributed by atoms with van der Waals surface area (Å²) in [5.74, 6) is 0. The number of aryl methyl sites for hydroxylation is 1. The lowest BCUT2D eigenvalue weighted by molar-refractivity contribution is 0.807. The second kappa shape index (κ2) is 3.90. The molecule has 1 aliphatic heterocycles. The lowest BCUT2D eigenvalue weighted by Crippen LogP contribution is -2.31. The maximum Gasteiger partial charge on any atom is 0.208 e. The van der Waals surface area contributed by atoms with E-state index in [2.05, 4.69) is 52.7 Å². The van der Waals surface area contributed by atoms with Gasteiger partial charge in [-0.25, -0.2) is 4.99 Å². The molecule has 0 atom stereocenters. The first-order chi connectivity index (χ1) is 9.34. The molecule has 1 aliphatic rings. The summed E-state index contributed by atoms with van der Waals surface area (Å²) < 4.78 is 5.42. The third-order valence-corrected chi connectivity index (χ3v) is 4.21. The SMILES string of the molecule is Cn1ccc2sccc2c1=[N+]1[C-]=Nc2ccccc21. The number of nitrogens with zero attached hydrogens (tertiary/aromatic N) is 3. The number of rotatable bonds is 0. The van der Waals surface area contributed by atoms with Crippen LogP contribution in [0.3, 0.4) is 0 Å². The van der Waals surface area contributed by atoms with Crippen molar-refractivity contribution in [2.45, 2.75) is 0 Å². The molecule has 0 amide bonds. The molecule has 0 saturated heterocycles. The third-order valence-electron chi connectivity index (χ3n) is 3.32. The molecule has 0 bridgehead atoms. The number of thiophene rings is 1. The zero-order valence-corrected chi connectivity index (χ0v) is 11.2. The first-order valence-corrected chi connectivity index (χ1v) is 6.94. The zero-order chi connectivity index (χ0) is 12.8. The first-order valence-electron chi connectivity index (χ1n) is 6.06. The summed E-state index contributed by atoms with van der Waals surface area (Å²) in [5, 5.41) is 3.35. The topological polar surface area (TPSA) is 20.3 Å². The van der Waals surface area contributed by atoms with Crippen molar-refractivity contribution in [1.82, 2.24) is 9.14 Å². The molecule has 1 aromatic carbocycles. The summed E-state index contributed by atoms with van der Waals surface area (Å²) in [7, 11) is 2.05. The van der Waals surface area contributed by atoms with Crippen molar-refractivity contribution >= 4 is 39.1 Å². The van der Waals surface area contributed by atoms with Crippen molar-refractivity contribution in [1.29, 1.82) is 0 Å². The van der Waals surface area contributed by atoms with Crippen LogP contribution in [0.4, 0.5) is 11.4 Å². The quantitative estimate of drug-likeness (QED) is 0.440. The fourth-order valence-electron chi connectivity index (χ4n) is 2.42. The highest BCUT2D eigenvalue weighted by molar-refractivity contribution is 7.17. The van der Waals surface area contributed by atoms with Gasteiger partial charge >= 0.3 is 0 Å². The Morgan fingerprint density at radius 2 is 2.11 bits per heavy atom. The Bertz CT molecular complexity index is 884.